The minimum absolute atomic E-state index is 0.0586. The highest BCUT2D eigenvalue weighted by atomic mass is 16.2. The molecule has 3 N–H and O–H groups in total. The summed E-state index contributed by atoms with van der Waals surface area (Å²) in [5.74, 6) is 0.147. The van der Waals surface area contributed by atoms with E-state index in [0.29, 0.717) is 19.1 Å². The molecule has 0 aromatic heterocycles. The molecule has 0 aliphatic heterocycles. The topological polar surface area (TPSA) is 58.4 Å². The monoisotopic (exact) mass is 241 g/mol. The van der Waals surface area contributed by atoms with Crippen molar-refractivity contribution in [2.75, 3.05) is 19.6 Å². The van der Waals surface area contributed by atoms with Crippen molar-refractivity contribution in [1.29, 1.82) is 0 Å². The Morgan fingerprint density at radius 3 is 2.53 bits per heavy atom. The highest BCUT2D eigenvalue weighted by molar-refractivity contribution is 5.78. The van der Waals surface area contributed by atoms with E-state index in [-0.39, 0.29) is 11.4 Å². The molecule has 0 spiro atoms. The van der Waals surface area contributed by atoms with Gasteiger partial charge in [-0.25, -0.2) is 0 Å². The lowest BCUT2D eigenvalue weighted by Crippen LogP contribution is -2.54. The first-order valence-corrected chi connectivity index (χ1v) is 6.80. The fourth-order valence-electron chi connectivity index (χ4n) is 1.98. The van der Waals surface area contributed by atoms with Crippen molar-refractivity contribution >= 4 is 5.91 Å². The fraction of sp³-hybridized carbons (Fsp3) is 0.923. The second-order valence-corrected chi connectivity index (χ2v) is 5.32. The maximum Gasteiger partial charge on any atom is 0.234 e. The molecule has 1 saturated carbocycles. The first-order valence-electron chi connectivity index (χ1n) is 6.80. The molecule has 0 heterocycles. The summed E-state index contributed by atoms with van der Waals surface area (Å²) < 4.78 is 0. The molecule has 100 valence electrons. The Morgan fingerprint density at radius 1 is 1.47 bits per heavy atom. The van der Waals surface area contributed by atoms with Crippen molar-refractivity contribution in [2.24, 2.45) is 5.73 Å². The number of nitrogens with two attached hydrogens (primary N) is 1. The van der Waals surface area contributed by atoms with Crippen LogP contribution in [-0.4, -0.2) is 42.0 Å². The van der Waals surface area contributed by atoms with Crippen LogP contribution in [0.3, 0.4) is 0 Å². The molecule has 1 rings (SSSR count). The Hall–Kier alpha value is -0.610. The third-order valence-electron chi connectivity index (χ3n) is 3.74. The molecule has 1 aliphatic carbocycles. The molecule has 17 heavy (non-hydrogen) atoms. The number of carbonyl (C=O) groups is 1. The lowest BCUT2D eigenvalue weighted by molar-refractivity contribution is -0.123. The minimum atomic E-state index is -0.0586. The number of rotatable bonds is 8. The molecule has 0 aromatic carbocycles. The van der Waals surface area contributed by atoms with Gasteiger partial charge in [0, 0.05) is 18.1 Å². The Balaban J connectivity index is 2.53. The zero-order valence-corrected chi connectivity index (χ0v) is 11.5. The van der Waals surface area contributed by atoms with Gasteiger partial charge < -0.3 is 11.1 Å². The lowest BCUT2D eigenvalue weighted by Gasteiger charge is -2.39. The van der Waals surface area contributed by atoms with Gasteiger partial charge in [0.1, 0.15) is 0 Å². The van der Waals surface area contributed by atoms with Gasteiger partial charge in [-0.05, 0) is 39.2 Å². The summed E-state index contributed by atoms with van der Waals surface area (Å²) in [6, 6.07) is 0.441. The van der Waals surface area contributed by atoms with Crippen LogP contribution in [0.15, 0.2) is 0 Å². The van der Waals surface area contributed by atoms with Crippen LogP contribution < -0.4 is 11.1 Å². The number of hydrogen-bond donors (Lipinski definition) is 2. The highest BCUT2D eigenvalue weighted by Gasteiger charge is 2.31. The average Bonchev–Trinajstić information content (AvgIpc) is 3.11. The van der Waals surface area contributed by atoms with Crippen LogP contribution in [-0.2, 0) is 4.79 Å². The highest BCUT2D eigenvalue weighted by Crippen LogP contribution is 2.20. The van der Waals surface area contributed by atoms with Gasteiger partial charge in [0.2, 0.25) is 5.91 Å². The number of nitrogens with one attached hydrogen (secondary N) is 1. The van der Waals surface area contributed by atoms with Crippen molar-refractivity contribution < 1.29 is 4.79 Å². The zero-order chi connectivity index (χ0) is 12.9. The Kier molecular flexibility index (Phi) is 5.40. The molecule has 1 amide bonds. The molecular formula is C13H27N3O. The van der Waals surface area contributed by atoms with E-state index in [9.17, 15) is 4.79 Å². The van der Waals surface area contributed by atoms with Crippen LogP contribution in [0.25, 0.3) is 0 Å². The normalized spacial score (nSPS) is 19.1. The van der Waals surface area contributed by atoms with Crippen molar-refractivity contribution in [2.45, 2.75) is 58.0 Å². The SMILES string of the molecule is CCCN(CC(=O)NC1CC1)C(C)(CC)CN. The predicted octanol–water partition coefficient (Wildman–Crippen LogP) is 1.10. The molecule has 0 bridgehead atoms. The smallest absolute Gasteiger partial charge is 0.234 e. The molecule has 0 aromatic rings. The van der Waals surface area contributed by atoms with E-state index in [2.05, 4.69) is 31.0 Å². The summed E-state index contributed by atoms with van der Waals surface area (Å²) in [7, 11) is 0. The predicted molar refractivity (Wildman–Crippen MR) is 70.8 cm³/mol. The average molecular weight is 241 g/mol. The first kappa shape index (κ1) is 14.5. The van der Waals surface area contributed by atoms with Gasteiger partial charge in [-0.1, -0.05) is 13.8 Å². The van der Waals surface area contributed by atoms with Gasteiger partial charge >= 0.3 is 0 Å². The fourth-order valence-corrected chi connectivity index (χ4v) is 1.98. The summed E-state index contributed by atoms with van der Waals surface area (Å²) in [5, 5.41) is 3.04. The molecule has 1 aliphatic rings. The maximum absolute atomic E-state index is 11.9. The molecule has 0 radical (unpaired) electrons. The summed E-state index contributed by atoms with van der Waals surface area (Å²) >= 11 is 0. The lowest BCUT2D eigenvalue weighted by atomic mass is 9.96. The van der Waals surface area contributed by atoms with E-state index in [1.807, 2.05) is 0 Å². The largest absolute Gasteiger partial charge is 0.352 e. The standard InChI is InChI=1S/C13H27N3O/c1-4-8-16(13(3,5-2)10-14)9-12(17)15-11-6-7-11/h11H,4-10,14H2,1-3H3,(H,15,17). The third-order valence-corrected chi connectivity index (χ3v) is 3.74. The molecule has 4 heteroatoms. The summed E-state index contributed by atoms with van der Waals surface area (Å²) in [4.78, 5) is 14.1. The van der Waals surface area contributed by atoms with E-state index in [1.165, 1.54) is 0 Å². The summed E-state index contributed by atoms with van der Waals surface area (Å²) in [5.41, 5.74) is 5.81. The number of amides is 1. The van der Waals surface area contributed by atoms with Gasteiger partial charge in [-0.15, -0.1) is 0 Å². The summed E-state index contributed by atoms with van der Waals surface area (Å²) in [6.45, 7) is 8.42. The van der Waals surface area contributed by atoms with E-state index in [4.69, 9.17) is 5.73 Å². The van der Waals surface area contributed by atoms with Crippen LogP contribution in [0.1, 0.15) is 46.5 Å². The maximum atomic E-state index is 11.9. The molecule has 1 fully saturated rings. The molecule has 4 nitrogen and oxygen atoms in total. The van der Waals surface area contributed by atoms with E-state index < -0.39 is 0 Å². The molecule has 1 unspecified atom stereocenters. The number of hydrogen-bond acceptors (Lipinski definition) is 3. The number of nitrogens with zero attached hydrogens (tertiary/aromatic N) is 1. The Morgan fingerprint density at radius 2 is 2.12 bits per heavy atom. The summed E-state index contributed by atoms with van der Waals surface area (Å²) in [6.07, 6.45) is 4.30. The van der Waals surface area contributed by atoms with Gasteiger partial charge in [0.25, 0.3) is 0 Å². The third kappa shape index (κ3) is 4.28. The molecule has 0 saturated heterocycles. The quantitative estimate of drug-likeness (QED) is 0.669. The van der Waals surface area contributed by atoms with Crippen LogP contribution in [0, 0.1) is 0 Å². The van der Waals surface area contributed by atoms with Crippen molar-refractivity contribution in [3.05, 3.63) is 0 Å². The van der Waals surface area contributed by atoms with Gasteiger partial charge in [0.05, 0.1) is 6.54 Å². The second kappa shape index (κ2) is 6.36. The van der Waals surface area contributed by atoms with Gasteiger partial charge in [0.15, 0.2) is 0 Å². The second-order valence-electron chi connectivity index (χ2n) is 5.32. The number of carbonyl (C=O) groups excluding carboxylic acids is 1. The van der Waals surface area contributed by atoms with Crippen LogP contribution in [0.4, 0.5) is 0 Å². The van der Waals surface area contributed by atoms with Crippen molar-refractivity contribution in [3.63, 3.8) is 0 Å². The Labute approximate surface area is 105 Å². The van der Waals surface area contributed by atoms with Gasteiger partial charge in [-0.2, -0.15) is 0 Å². The van der Waals surface area contributed by atoms with E-state index in [1.54, 1.807) is 0 Å². The van der Waals surface area contributed by atoms with Crippen LogP contribution in [0.2, 0.25) is 0 Å². The molecular weight excluding hydrogens is 214 g/mol. The van der Waals surface area contributed by atoms with E-state index >= 15 is 0 Å². The van der Waals surface area contributed by atoms with E-state index in [0.717, 1.165) is 32.2 Å². The zero-order valence-electron chi connectivity index (χ0n) is 11.5. The molecule has 1 atom stereocenters. The van der Waals surface area contributed by atoms with Gasteiger partial charge in [-0.3, -0.25) is 9.69 Å². The minimum Gasteiger partial charge on any atom is -0.352 e. The Bertz CT molecular complexity index is 247. The van der Waals surface area contributed by atoms with Crippen molar-refractivity contribution in [3.8, 4) is 0 Å². The van der Waals surface area contributed by atoms with Crippen LogP contribution in [0.5, 0.6) is 0 Å². The first-order chi connectivity index (χ1) is 8.05. The van der Waals surface area contributed by atoms with Crippen LogP contribution >= 0.6 is 0 Å². The van der Waals surface area contributed by atoms with Crippen molar-refractivity contribution in [1.82, 2.24) is 10.2 Å².